The maximum Gasteiger partial charge on any atom is 0.243 e. The van der Waals surface area contributed by atoms with Crippen LogP contribution in [0.25, 0.3) is 11.3 Å². The van der Waals surface area contributed by atoms with Gasteiger partial charge in [0.15, 0.2) is 5.13 Å². The second kappa shape index (κ2) is 8.84. The average molecular weight is 364 g/mol. The second-order valence-electron chi connectivity index (χ2n) is 5.86. The lowest BCUT2D eigenvalue weighted by atomic mass is 10.00. The number of rotatable bonds is 8. The van der Waals surface area contributed by atoms with Gasteiger partial charge in [-0.2, -0.15) is 0 Å². The lowest BCUT2D eigenvalue weighted by molar-refractivity contribution is -0.118. The van der Waals surface area contributed by atoms with Crippen LogP contribution in [0, 0.1) is 5.92 Å². The van der Waals surface area contributed by atoms with Crippen molar-refractivity contribution in [3.8, 4) is 11.3 Å². The first-order valence-electron chi connectivity index (χ1n) is 8.12. The Kier molecular flexibility index (Phi) is 6.80. The second-order valence-corrected chi connectivity index (χ2v) is 6.71. The Labute approximate surface area is 151 Å². The number of hydrogen-bond donors (Lipinski definition) is 3. The first kappa shape index (κ1) is 19.2. The van der Waals surface area contributed by atoms with Crippen LogP contribution in [0.1, 0.15) is 20.3 Å². The molecule has 136 valence electrons. The van der Waals surface area contributed by atoms with E-state index in [-0.39, 0.29) is 18.4 Å². The van der Waals surface area contributed by atoms with Crippen LogP contribution in [0.3, 0.4) is 0 Å². The van der Waals surface area contributed by atoms with Crippen molar-refractivity contribution in [2.45, 2.75) is 26.3 Å². The lowest BCUT2D eigenvalue weighted by Crippen LogP contribution is -2.40. The van der Waals surface area contributed by atoms with Gasteiger partial charge in [0.1, 0.15) is 0 Å². The number of carbonyl (C=O) groups is 1. The highest BCUT2D eigenvalue weighted by atomic mass is 32.1. The lowest BCUT2D eigenvalue weighted by Gasteiger charge is -2.16. The molecule has 2 heterocycles. The quantitative estimate of drug-likeness (QED) is 0.647. The van der Waals surface area contributed by atoms with Gasteiger partial charge < -0.3 is 21.1 Å². The van der Waals surface area contributed by atoms with Gasteiger partial charge in [0, 0.05) is 36.9 Å². The minimum atomic E-state index is -0.554. The zero-order chi connectivity index (χ0) is 18.4. The molecule has 2 aromatic rings. The summed E-state index contributed by atoms with van der Waals surface area (Å²) in [4.78, 5) is 26.8. The smallest absolute Gasteiger partial charge is 0.243 e. The molecule has 2 rings (SSSR count). The summed E-state index contributed by atoms with van der Waals surface area (Å²) in [5, 5.41) is 14.0. The molecule has 0 saturated carbocycles. The number of aromatic nitrogens is 3. The molecule has 0 aliphatic heterocycles. The van der Waals surface area contributed by atoms with Crippen molar-refractivity contribution < 1.29 is 9.90 Å². The number of amides is 1. The molecule has 0 fully saturated rings. The molecular weight excluding hydrogens is 340 g/mol. The van der Waals surface area contributed by atoms with Crippen LogP contribution < -0.4 is 16.0 Å². The number of aliphatic hydroxyl groups excluding tert-OH is 1. The molecule has 0 saturated heterocycles. The third-order valence-corrected chi connectivity index (χ3v) is 4.76. The van der Waals surface area contributed by atoms with Gasteiger partial charge >= 0.3 is 0 Å². The zero-order valence-electron chi connectivity index (χ0n) is 14.6. The van der Waals surface area contributed by atoms with Crippen LogP contribution in [-0.2, 0) is 4.79 Å². The highest BCUT2D eigenvalue weighted by Crippen LogP contribution is 2.24. The van der Waals surface area contributed by atoms with E-state index in [2.05, 4.69) is 20.3 Å². The van der Waals surface area contributed by atoms with E-state index in [0.29, 0.717) is 23.3 Å². The molecule has 25 heavy (non-hydrogen) atoms. The highest BCUT2D eigenvalue weighted by molar-refractivity contribution is 7.14. The van der Waals surface area contributed by atoms with Crippen molar-refractivity contribution in [3.63, 3.8) is 0 Å². The van der Waals surface area contributed by atoms with Gasteiger partial charge in [0.2, 0.25) is 11.9 Å². The van der Waals surface area contributed by atoms with Crippen LogP contribution in [-0.4, -0.2) is 52.2 Å². The van der Waals surface area contributed by atoms with Crippen LogP contribution in [0.2, 0.25) is 0 Å². The van der Waals surface area contributed by atoms with E-state index in [9.17, 15) is 4.79 Å². The van der Waals surface area contributed by atoms with Crippen molar-refractivity contribution in [1.82, 2.24) is 15.0 Å². The van der Waals surface area contributed by atoms with Crippen molar-refractivity contribution in [3.05, 3.63) is 17.8 Å². The predicted octanol–water partition coefficient (Wildman–Crippen LogP) is 1.34. The predicted molar refractivity (Wildman–Crippen MR) is 99.6 cm³/mol. The van der Waals surface area contributed by atoms with Crippen molar-refractivity contribution in [2.24, 2.45) is 11.7 Å². The summed E-state index contributed by atoms with van der Waals surface area (Å²) in [5.41, 5.74) is 7.37. The van der Waals surface area contributed by atoms with Gasteiger partial charge in [0.05, 0.1) is 18.3 Å². The van der Waals surface area contributed by atoms with E-state index < -0.39 is 6.04 Å². The first-order valence-corrected chi connectivity index (χ1v) is 9.00. The topological polar surface area (TPSA) is 117 Å². The SMILES string of the molecule is CC[C@H](C)[C@H](N)C(=O)Nc1nc(-c2cnc(N(C)CCO)nc2)cs1. The number of hydrogen-bond acceptors (Lipinski definition) is 8. The molecule has 1 amide bonds. The molecule has 0 spiro atoms. The third kappa shape index (κ3) is 4.94. The number of nitrogens with one attached hydrogen (secondary N) is 1. The fourth-order valence-corrected chi connectivity index (χ4v) is 2.79. The van der Waals surface area contributed by atoms with Crippen LogP contribution in [0.5, 0.6) is 0 Å². The molecule has 2 atom stereocenters. The van der Waals surface area contributed by atoms with E-state index in [0.717, 1.165) is 12.0 Å². The van der Waals surface area contributed by atoms with Crippen LogP contribution in [0.4, 0.5) is 11.1 Å². The fraction of sp³-hybridized carbons (Fsp3) is 0.500. The molecule has 0 aromatic carbocycles. The van der Waals surface area contributed by atoms with Crippen LogP contribution in [0.15, 0.2) is 17.8 Å². The maximum atomic E-state index is 12.1. The third-order valence-electron chi connectivity index (χ3n) is 4.00. The Balaban J connectivity index is 2.04. The van der Waals surface area contributed by atoms with Crippen molar-refractivity contribution in [1.29, 1.82) is 0 Å². The van der Waals surface area contributed by atoms with E-state index in [1.807, 2.05) is 26.3 Å². The Morgan fingerprint density at radius 2 is 2.12 bits per heavy atom. The Hall–Kier alpha value is -2.10. The van der Waals surface area contributed by atoms with Crippen LogP contribution >= 0.6 is 11.3 Å². The Morgan fingerprint density at radius 1 is 1.44 bits per heavy atom. The minimum Gasteiger partial charge on any atom is -0.395 e. The Morgan fingerprint density at radius 3 is 2.72 bits per heavy atom. The van der Waals surface area contributed by atoms with E-state index >= 15 is 0 Å². The molecule has 4 N–H and O–H groups in total. The summed E-state index contributed by atoms with van der Waals surface area (Å²) in [6, 6.07) is -0.554. The summed E-state index contributed by atoms with van der Waals surface area (Å²) in [7, 11) is 1.81. The average Bonchev–Trinajstić information content (AvgIpc) is 3.09. The number of carbonyl (C=O) groups excluding carboxylic acids is 1. The molecule has 0 unspecified atom stereocenters. The normalized spacial score (nSPS) is 13.3. The number of thiazole rings is 1. The summed E-state index contributed by atoms with van der Waals surface area (Å²) in [5.74, 6) is 0.407. The minimum absolute atomic E-state index is 0.0372. The van der Waals surface area contributed by atoms with Crippen molar-refractivity contribution in [2.75, 3.05) is 30.4 Å². The van der Waals surface area contributed by atoms with Crippen molar-refractivity contribution >= 4 is 28.3 Å². The monoisotopic (exact) mass is 364 g/mol. The van der Waals surface area contributed by atoms with Gasteiger partial charge in [-0.1, -0.05) is 20.3 Å². The Bertz CT molecular complexity index is 690. The van der Waals surface area contributed by atoms with E-state index in [1.54, 1.807) is 17.3 Å². The molecular formula is C16H24N6O2S. The number of anilines is 2. The molecule has 0 bridgehead atoms. The molecule has 0 aliphatic carbocycles. The molecule has 8 nitrogen and oxygen atoms in total. The number of nitrogens with two attached hydrogens (primary N) is 1. The molecule has 0 radical (unpaired) electrons. The van der Waals surface area contributed by atoms with Gasteiger partial charge in [0.25, 0.3) is 0 Å². The molecule has 2 aromatic heterocycles. The van der Waals surface area contributed by atoms with Gasteiger partial charge in [-0.05, 0) is 5.92 Å². The standard InChI is InChI=1S/C16H24N6O2S/c1-4-10(2)13(17)14(24)21-16-20-12(9-25-16)11-7-18-15(19-8-11)22(3)5-6-23/h7-10,13,23H,4-6,17H2,1-3H3,(H,20,21,24)/t10-,13-/m0/s1. The van der Waals surface area contributed by atoms with Gasteiger partial charge in [-0.25, -0.2) is 15.0 Å². The van der Waals surface area contributed by atoms with Gasteiger partial charge in [-0.15, -0.1) is 11.3 Å². The molecule has 0 aliphatic rings. The summed E-state index contributed by atoms with van der Waals surface area (Å²) < 4.78 is 0. The zero-order valence-corrected chi connectivity index (χ0v) is 15.5. The number of likely N-dealkylation sites (N-methyl/N-ethyl adjacent to an activating group) is 1. The summed E-state index contributed by atoms with van der Waals surface area (Å²) in [6.45, 7) is 4.45. The largest absolute Gasteiger partial charge is 0.395 e. The maximum absolute atomic E-state index is 12.1. The highest BCUT2D eigenvalue weighted by Gasteiger charge is 2.20. The number of aliphatic hydroxyl groups is 1. The molecule has 9 heteroatoms. The number of nitrogens with zero attached hydrogens (tertiary/aromatic N) is 4. The summed E-state index contributed by atoms with van der Waals surface area (Å²) in [6.07, 6.45) is 4.18. The van der Waals surface area contributed by atoms with Gasteiger partial charge in [-0.3, -0.25) is 4.79 Å². The van der Waals surface area contributed by atoms with E-state index in [4.69, 9.17) is 10.8 Å². The first-order chi connectivity index (χ1) is 12.0. The fourth-order valence-electron chi connectivity index (χ4n) is 2.07. The summed E-state index contributed by atoms with van der Waals surface area (Å²) >= 11 is 1.33. The van der Waals surface area contributed by atoms with E-state index in [1.165, 1.54) is 11.3 Å².